The number of carboxylic acid groups (broad SMARTS) is 1. The zero-order valence-electron chi connectivity index (χ0n) is 16.0. The van der Waals surface area contributed by atoms with Gasteiger partial charge in [0.2, 0.25) is 11.8 Å². The molecule has 2 aliphatic heterocycles. The molecule has 31 heavy (non-hydrogen) atoms. The van der Waals surface area contributed by atoms with E-state index in [4.69, 9.17) is 16.7 Å². The monoisotopic (exact) mass is 476 g/mol. The van der Waals surface area contributed by atoms with Crippen LogP contribution in [0.15, 0.2) is 34.1 Å². The van der Waals surface area contributed by atoms with Gasteiger partial charge in [-0.15, -0.1) is 11.8 Å². The maximum Gasteiger partial charge on any atom is 0.323 e. The number of carbonyl (C=O) groups is 3. The Kier molecular flexibility index (Phi) is 4.23. The second kappa shape index (κ2) is 6.70. The lowest BCUT2D eigenvalue weighted by Crippen LogP contribution is -2.42. The van der Waals surface area contributed by atoms with E-state index in [9.17, 15) is 19.2 Å². The van der Waals surface area contributed by atoms with E-state index in [1.807, 2.05) is 24.3 Å². The van der Waals surface area contributed by atoms with Crippen LogP contribution in [0.1, 0.15) is 22.8 Å². The number of rotatable bonds is 3. The van der Waals surface area contributed by atoms with Crippen molar-refractivity contribution in [3.8, 4) is 0 Å². The Balaban J connectivity index is 1.45. The fraction of sp³-hybridized carbons (Fsp3) is 0.429. The molecule has 7 nitrogen and oxygen atoms in total. The van der Waals surface area contributed by atoms with Crippen LogP contribution in [0, 0.1) is 29.6 Å². The molecule has 10 heteroatoms. The predicted octanol–water partition coefficient (Wildman–Crippen LogP) is 2.65. The molecule has 4 aliphatic rings. The lowest BCUT2D eigenvalue weighted by molar-refractivity contribution is -0.149. The summed E-state index contributed by atoms with van der Waals surface area (Å²) in [5.74, 6) is -2.80. The first-order valence-corrected chi connectivity index (χ1v) is 12.1. The summed E-state index contributed by atoms with van der Waals surface area (Å²) in [5, 5.41) is 10.7. The predicted molar refractivity (Wildman–Crippen MR) is 114 cm³/mol. The number of nitrogens with one attached hydrogen (secondary N) is 1. The summed E-state index contributed by atoms with van der Waals surface area (Å²) in [6.07, 6.45) is 0.777. The van der Waals surface area contributed by atoms with E-state index in [0.717, 1.165) is 26.8 Å². The van der Waals surface area contributed by atoms with Gasteiger partial charge in [-0.05, 0) is 41.9 Å². The second-order valence-electron chi connectivity index (χ2n) is 8.67. The number of fused-ring (bicyclic) bond motifs is 9. The van der Waals surface area contributed by atoms with Crippen molar-refractivity contribution in [3.63, 3.8) is 0 Å². The number of carboxylic acids is 1. The molecule has 3 fully saturated rings. The fourth-order valence-electron chi connectivity index (χ4n) is 6.41. The minimum absolute atomic E-state index is 0.00778. The van der Waals surface area contributed by atoms with Gasteiger partial charge in [0.1, 0.15) is 6.54 Å². The molecule has 6 rings (SSSR count). The van der Waals surface area contributed by atoms with Gasteiger partial charge < -0.3 is 10.1 Å². The van der Waals surface area contributed by atoms with Crippen molar-refractivity contribution < 1.29 is 19.5 Å². The summed E-state index contributed by atoms with van der Waals surface area (Å²) >= 11 is 8.92. The molecular weight excluding hydrogens is 460 g/mol. The van der Waals surface area contributed by atoms with E-state index in [0.29, 0.717) is 5.02 Å². The van der Waals surface area contributed by atoms with Crippen LogP contribution in [0.5, 0.6) is 0 Å². The van der Waals surface area contributed by atoms with Crippen molar-refractivity contribution in [3.05, 3.63) is 49.4 Å². The Morgan fingerprint density at radius 3 is 2.48 bits per heavy atom. The Bertz CT molecular complexity index is 1190. The Morgan fingerprint density at radius 1 is 1.13 bits per heavy atom. The third-order valence-corrected chi connectivity index (χ3v) is 10.2. The highest BCUT2D eigenvalue weighted by Crippen LogP contribution is 2.68. The van der Waals surface area contributed by atoms with E-state index in [1.54, 1.807) is 11.8 Å². The van der Waals surface area contributed by atoms with Gasteiger partial charge in [0.25, 0.3) is 0 Å². The number of hydrogen-bond donors (Lipinski definition) is 2. The number of aromatic nitrogens is 1. The molecule has 2 aromatic rings. The fourth-order valence-corrected chi connectivity index (χ4v) is 9.43. The first kappa shape index (κ1) is 19.6. The molecule has 1 aromatic carbocycles. The highest BCUT2D eigenvalue weighted by Gasteiger charge is 2.69. The number of thiazole rings is 1. The summed E-state index contributed by atoms with van der Waals surface area (Å²) in [7, 11) is 0. The van der Waals surface area contributed by atoms with Crippen molar-refractivity contribution in [1.29, 1.82) is 0 Å². The van der Waals surface area contributed by atoms with Gasteiger partial charge >= 0.3 is 10.8 Å². The van der Waals surface area contributed by atoms with E-state index >= 15 is 0 Å². The Labute approximate surface area is 189 Å². The third-order valence-electron chi connectivity index (χ3n) is 7.34. The van der Waals surface area contributed by atoms with Crippen LogP contribution in [-0.4, -0.2) is 44.6 Å². The first-order valence-electron chi connectivity index (χ1n) is 10.1. The van der Waals surface area contributed by atoms with E-state index < -0.39 is 24.3 Å². The van der Waals surface area contributed by atoms with E-state index in [-0.39, 0.29) is 45.6 Å². The lowest BCUT2D eigenvalue weighted by Gasteiger charge is -2.43. The molecule has 2 aliphatic carbocycles. The van der Waals surface area contributed by atoms with Gasteiger partial charge in [-0.3, -0.25) is 24.1 Å². The van der Waals surface area contributed by atoms with Gasteiger partial charge in [0.05, 0.1) is 16.9 Å². The topological polar surface area (TPSA) is 108 Å². The van der Waals surface area contributed by atoms with E-state index in [2.05, 4.69) is 4.98 Å². The molecule has 2 amide bonds. The number of likely N-dealkylation sites (tertiary alicyclic amines) is 1. The molecule has 0 radical (unpaired) electrons. The van der Waals surface area contributed by atoms with Crippen LogP contribution in [0.25, 0.3) is 0 Å². The normalized spacial score (nSPS) is 35.3. The molecule has 2 saturated carbocycles. The SMILES string of the molecule is O=C(O)CN1C(=O)[C@@H]2[C@@H]3C[C@@H]([C@H]4Sc5[nH]c(=O)sc5[C@H](c5ccc(Cl)cc5)[C@H]34)[C@@H]2C1=O. The largest absolute Gasteiger partial charge is 0.480 e. The van der Waals surface area contributed by atoms with E-state index in [1.165, 1.54) is 11.3 Å². The average molecular weight is 477 g/mol. The summed E-state index contributed by atoms with van der Waals surface area (Å²) in [5.41, 5.74) is 1.04. The molecule has 0 unspecified atom stereocenters. The van der Waals surface area contributed by atoms with Gasteiger partial charge in [-0.2, -0.15) is 0 Å². The van der Waals surface area contributed by atoms with Gasteiger partial charge in [0, 0.05) is 21.1 Å². The molecular formula is C21H17ClN2O5S2. The van der Waals surface area contributed by atoms with Crippen molar-refractivity contribution in [2.24, 2.45) is 29.6 Å². The van der Waals surface area contributed by atoms with Crippen molar-refractivity contribution in [1.82, 2.24) is 9.88 Å². The molecule has 1 aromatic heterocycles. The molecule has 3 heterocycles. The maximum atomic E-state index is 13.1. The number of hydrogen-bond acceptors (Lipinski definition) is 6. The first-order chi connectivity index (χ1) is 14.8. The average Bonchev–Trinajstić information content (AvgIpc) is 3.44. The van der Waals surface area contributed by atoms with Gasteiger partial charge in [-0.25, -0.2) is 0 Å². The quantitative estimate of drug-likeness (QED) is 0.659. The maximum absolute atomic E-state index is 13.1. The zero-order chi connectivity index (χ0) is 21.6. The summed E-state index contributed by atoms with van der Waals surface area (Å²) < 4.78 is 0. The van der Waals surface area contributed by atoms with Crippen LogP contribution >= 0.6 is 34.7 Å². The molecule has 2 bridgehead atoms. The lowest BCUT2D eigenvalue weighted by atomic mass is 9.68. The van der Waals surface area contributed by atoms with Gasteiger partial charge in [0.15, 0.2) is 0 Å². The summed E-state index contributed by atoms with van der Waals surface area (Å²) in [6.45, 7) is -0.576. The minimum Gasteiger partial charge on any atom is -0.480 e. The van der Waals surface area contributed by atoms with Crippen LogP contribution in [0.4, 0.5) is 0 Å². The third kappa shape index (κ3) is 2.66. The number of thioether (sulfide) groups is 1. The molecule has 0 spiro atoms. The number of aromatic amines is 1. The molecule has 160 valence electrons. The number of carbonyl (C=O) groups excluding carboxylic acids is 2. The highest BCUT2D eigenvalue weighted by molar-refractivity contribution is 8.00. The summed E-state index contributed by atoms with van der Waals surface area (Å²) in [4.78, 5) is 54.3. The zero-order valence-corrected chi connectivity index (χ0v) is 18.4. The molecule has 7 atom stereocenters. The Hall–Kier alpha value is -2.10. The van der Waals surface area contributed by atoms with Gasteiger partial charge in [-0.1, -0.05) is 35.1 Å². The number of benzene rings is 1. The van der Waals surface area contributed by atoms with Crippen LogP contribution < -0.4 is 4.87 Å². The van der Waals surface area contributed by atoms with Crippen molar-refractivity contribution in [2.75, 3.05) is 6.54 Å². The van der Waals surface area contributed by atoms with Crippen LogP contribution in [0.2, 0.25) is 5.02 Å². The smallest absolute Gasteiger partial charge is 0.323 e. The Morgan fingerprint density at radius 2 is 1.81 bits per heavy atom. The number of imide groups is 1. The van der Waals surface area contributed by atoms with Crippen molar-refractivity contribution in [2.45, 2.75) is 22.6 Å². The standard InChI is InChI=1S/C21H17ClN2O5S2/c22-8-3-1-7(2-4-8)12-13-9-5-10(16(13)30-18-17(12)31-21(29)23-18)15-14(9)19(27)24(20(15)28)6-11(25)26/h1-4,9-10,12-16H,5-6H2,(H,23,29)(H,25,26)/t9-,10-,12-,13+,14-,15+,16-/m1/s1. The van der Waals surface area contributed by atoms with Crippen LogP contribution in [0.3, 0.4) is 0 Å². The molecule has 2 N–H and O–H groups in total. The number of halogens is 1. The van der Waals surface area contributed by atoms with Crippen molar-refractivity contribution >= 4 is 52.5 Å². The second-order valence-corrected chi connectivity index (χ2v) is 11.3. The van der Waals surface area contributed by atoms with Crippen LogP contribution in [-0.2, 0) is 14.4 Å². The number of H-pyrrole nitrogens is 1. The number of amides is 2. The number of nitrogens with zero attached hydrogens (tertiary/aromatic N) is 1. The number of aliphatic carboxylic acids is 1. The highest BCUT2D eigenvalue weighted by atomic mass is 35.5. The molecule has 1 saturated heterocycles. The minimum atomic E-state index is -1.18. The summed E-state index contributed by atoms with van der Waals surface area (Å²) in [6, 6.07) is 7.60.